The normalized spacial score (nSPS) is 16.7. The lowest BCUT2D eigenvalue weighted by Gasteiger charge is -2.20. The molecule has 0 spiro atoms. The molecule has 0 saturated carbocycles. The Balaban J connectivity index is 1.63. The second-order valence-corrected chi connectivity index (χ2v) is 7.22. The zero-order valence-corrected chi connectivity index (χ0v) is 17.6. The van der Waals surface area contributed by atoms with E-state index >= 15 is 0 Å². The second-order valence-electron chi connectivity index (χ2n) is 6.82. The Bertz CT molecular complexity index is 846. The van der Waals surface area contributed by atoms with Crippen molar-refractivity contribution in [3.05, 3.63) is 47.1 Å². The Morgan fingerprint density at radius 2 is 2.24 bits per heavy atom. The number of anilines is 1. The van der Waals surface area contributed by atoms with E-state index in [9.17, 15) is 5.11 Å². The van der Waals surface area contributed by atoms with E-state index in [0.29, 0.717) is 23.9 Å². The van der Waals surface area contributed by atoms with Crippen LogP contribution in [0.4, 0.5) is 5.82 Å². The summed E-state index contributed by atoms with van der Waals surface area (Å²) in [6, 6.07) is 9.28. The van der Waals surface area contributed by atoms with E-state index in [0.717, 1.165) is 43.4 Å². The third-order valence-electron chi connectivity index (χ3n) is 4.66. The third kappa shape index (κ3) is 5.67. The Morgan fingerprint density at radius 3 is 3.00 bits per heavy atom. The van der Waals surface area contributed by atoms with Crippen molar-refractivity contribution in [3.8, 4) is 11.5 Å². The van der Waals surface area contributed by atoms with E-state index in [1.807, 2.05) is 38.1 Å². The molecule has 1 fully saturated rings. The molecule has 1 aliphatic heterocycles. The zero-order chi connectivity index (χ0) is 20.6. The number of aromatic hydroxyl groups is 1. The molecule has 1 aromatic carbocycles. The molecular formula is C21H28ClN5O2. The molecule has 8 heteroatoms. The molecule has 7 nitrogen and oxygen atoms in total. The maximum absolute atomic E-state index is 9.85. The third-order valence-corrected chi connectivity index (χ3v) is 4.95. The molecule has 0 amide bonds. The quantitative estimate of drug-likeness (QED) is 0.474. The van der Waals surface area contributed by atoms with Crippen molar-refractivity contribution >= 4 is 23.4 Å². The monoisotopic (exact) mass is 417 g/mol. The van der Waals surface area contributed by atoms with Crippen molar-refractivity contribution in [1.82, 2.24) is 15.6 Å². The molecule has 1 aliphatic rings. The van der Waals surface area contributed by atoms with Gasteiger partial charge >= 0.3 is 0 Å². The molecule has 0 bridgehead atoms. The molecule has 1 atom stereocenters. The fourth-order valence-corrected chi connectivity index (χ4v) is 3.53. The SMILES string of the molecule is CCNC(=NCc1ccc(O)c(OCC)c1)NC1CCN(c2ncccc2Cl)C1. The van der Waals surface area contributed by atoms with Gasteiger partial charge in [0.05, 0.1) is 18.2 Å². The highest BCUT2D eigenvalue weighted by Crippen LogP contribution is 2.27. The van der Waals surface area contributed by atoms with E-state index in [-0.39, 0.29) is 11.8 Å². The van der Waals surface area contributed by atoms with Gasteiger partial charge in [0, 0.05) is 31.9 Å². The number of guanidine groups is 1. The van der Waals surface area contributed by atoms with Crippen LogP contribution in [0.25, 0.3) is 0 Å². The number of rotatable bonds is 7. The van der Waals surface area contributed by atoms with Gasteiger partial charge in [0.15, 0.2) is 17.5 Å². The summed E-state index contributed by atoms with van der Waals surface area (Å²) < 4.78 is 5.45. The molecule has 156 valence electrons. The van der Waals surface area contributed by atoms with Gasteiger partial charge in [-0.3, -0.25) is 0 Å². The molecule has 0 aliphatic carbocycles. The predicted molar refractivity (Wildman–Crippen MR) is 117 cm³/mol. The van der Waals surface area contributed by atoms with Crippen molar-refractivity contribution in [2.75, 3.05) is 31.1 Å². The summed E-state index contributed by atoms with van der Waals surface area (Å²) in [5.41, 5.74) is 0.969. The second kappa shape index (κ2) is 10.2. The number of benzene rings is 1. The lowest BCUT2D eigenvalue weighted by atomic mass is 10.2. The van der Waals surface area contributed by atoms with Crippen LogP contribution in [-0.2, 0) is 6.54 Å². The maximum atomic E-state index is 9.85. The number of hydrogen-bond acceptors (Lipinski definition) is 5. The van der Waals surface area contributed by atoms with Gasteiger partial charge in [0.1, 0.15) is 5.82 Å². The van der Waals surface area contributed by atoms with Crippen LogP contribution in [0.3, 0.4) is 0 Å². The average Bonchev–Trinajstić information content (AvgIpc) is 3.17. The first-order valence-corrected chi connectivity index (χ1v) is 10.3. The molecule has 29 heavy (non-hydrogen) atoms. The highest BCUT2D eigenvalue weighted by molar-refractivity contribution is 6.32. The summed E-state index contributed by atoms with van der Waals surface area (Å²) >= 11 is 6.28. The number of ether oxygens (including phenoxy) is 1. The molecular weight excluding hydrogens is 390 g/mol. The molecule has 0 radical (unpaired) electrons. The fourth-order valence-electron chi connectivity index (χ4n) is 3.29. The summed E-state index contributed by atoms with van der Waals surface area (Å²) in [4.78, 5) is 11.3. The number of aliphatic imine (C=N–C) groups is 1. The number of nitrogens with one attached hydrogen (secondary N) is 2. The standard InChI is InChI=1S/C21H28ClN5O2/c1-3-23-21(25-13-15-7-8-18(28)19(12-15)29-4-2)26-16-9-11-27(14-16)20-17(22)6-5-10-24-20/h5-8,10,12,16,28H,3-4,9,11,13-14H2,1-2H3,(H2,23,25,26). The molecule has 1 unspecified atom stereocenters. The van der Waals surface area contributed by atoms with E-state index in [2.05, 4.69) is 20.5 Å². The minimum absolute atomic E-state index is 0.142. The summed E-state index contributed by atoms with van der Waals surface area (Å²) in [5.74, 6) is 2.21. The number of phenols is 1. The molecule has 3 N–H and O–H groups in total. The van der Waals surface area contributed by atoms with Crippen molar-refractivity contribution in [3.63, 3.8) is 0 Å². The Labute approximate surface area is 176 Å². The van der Waals surface area contributed by atoms with Gasteiger partial charge in [0.2, 0.25) is 0 Å². The van der Waals surface area contributed by atoms with Crippen LogP contribution in [0.2, 0.25) is 5.02 Å². The first-order valence-electron chi connectivity index (χ1n) is 9.95. The summed E-state index contributed by atoms with van der Waals surface area (Å²) in [7, 11) is 0. The van der Waals surface area contributed by atoms with Gasteiger partial charge in [0.25, 0.3) is 0 Å². The van der Waals surface area contributed by atoms with Crippen LogP contribution < -0.4 is 20.3 Å². The average molecular weight is 418 g/mol. The minimum atomic E-state index is 0.142. The van der Waals surface area contributed by atoms with Gasteiger partial charge < -0.3 is 25.4 Å². The number of phenolic OH excluding ortho intramolecular Hbond substituents is 1. The van der Waals surface area contributed by atoms with Crippen molar-refractivity contribution in [2.45, 2.75) is 32.9 Å². The first kappa shape index (κ1) is 21.0. The van der Waals surface area contributed by atoms with Crippen molar-refractivity contribution in [1.29, 1.82) is 0 Å². The summed E-state index contributed by atoms with van der Waals surface area (Å²) in [6.45, 7) is 7.40. The van der Waals surface area contributed by atoms with Gasteiger partial charge in [-0.15, -0.1) is 0 Å². The minimum Gasteiger partial charge on any atom is -0.504 e. The van der Waals surface area contributed by atoms with Crippen LogP contribution in [-0.4, -0.2) is 48.3 Å². The van der Waals surface area contributed by atoms with Crippen molar-refractivity contribution < 1.29 is 9.84 Å². The lowest BCUT2D eigenvalue weighted by molar-refractivity contribution is 0.318. The Kier molecular flexibility index (Phi) is 7.41. The number of hydrogen-bond donors (Lipinski definition) is 3. The topological polar surface area (TPSA) is 82.0 Å². The van der Waals surface area contributed by atoms with Crippen LogP contribution in [0.5, 0.6) is 11.5 Å². The smallest absolute Gasteiger partial charge is 0.191 e. The first-order chi connectivity index (χ1) is 14.1. The number of halogens is 1. The highest BCUT2D eigenvalue weighted by Gasteiger charge is 2.25. The zero-order valence-electron chi connectivity index (χ0n) is 16.9. The van der Waals surface area contributed by atoms with Crippen molar-refractivity contribution in [2.24, 2.45) is 4.99 Å². The molecule has 2 heterocycles. The van der Waals surface area contributed by atoms with Gasteiger partial charge in [-0.2, -0.15) is 0 Å². The van der Waals surface area contributed by atoms with E-state index < -0.39 is 0 Å². The van der Waals surface area contributed by atoms with Crippen LogP contribution in [0.15, 0.2) is 41.5 Å². The van der Waals surface area contributed by atoms with E-state index in [1.54, 1.807) is 12.3 Å². The van der Waals surface area contributed by atoms with E-state index in [4.69, 9.17) is 21.3 Å². The van der Waals surface area contributed by atoms with Crippen LogP contribution in [0, 0.1) is 0 Å². The molecule has 1 saturated heterocycles. The number of aromatic nitrogens is 1. The summed E-state index contributed by atoms with van der Waals surface area (Å²) in [5, 5.41) is 17.3. The predicted octanol–water partition coefficient (Wildman–Crippen LogP) is 3.17. The Morgan fingerprint density at radius 1 is 1.38 bits per heavy atom. The van der Waals surface area contributed by atoms with Gasteiger partial charge in [-0.25, -0.2) is 9.98 Å². The number of nitrogens with zero attached hydrogens (tertiary/aromatic N) is 3. The molecule has 2 aromatic rings. The fraction of sp³-hybridized carbons (Fsp3) is 0.429. The molecule has 3 rings (SSSR count). The Hall–Kier alpha value is -2.67. The van der Waals surface area contributed by atoms with Gasteiger partial charge in [-0.1, -0.05) is 17.7 Å². The maximum Gasteiger partial charge on any atom is 0.191 e. The van der Waals surface area contributed by atoms with E-state index in [1.165, 1.54) is 0 Å². The molecule has 1 aromatic heterocycles. The van der Waals surface area contributed by atoms with Gasteiger partial charge in [-0.05, 0) is 50.1 Å². The summed E-state index contributed by atoms with van der Waals surface area (Å²) in [6.07, 6.45) is 2.74. The largest absolute Gasteiger partial charge is 0.504 e. The highest BCUT2D eigenvalue weighted by atomic mass is 35.5. The number of pyridine rings is 1. The van der Waals surface area contributed by atoms with Crippen LogP contribution in [0.1, 0.15) is 25.8 Å². The lowest BCUT2D eigenvalue weighted by Crippen LogP contribution is -2.44. The van der Waals surface area contributed by atoms with Crippen LogP contribution >= 0.6 is 11.6 Å².